The van der Waals surface area contributed by atoms with E-state index in [0.717, 1.165) is 5.56 Å². The molecule has 1 aromatic heterocycles. The van der Waals surface area contributed by atoms with Crippen molar-refractivity contribution in [1.29, 1.82) is 0 Å². The van der Waals surface area contributed by atoms with Gasteiger partial charge in [0.1, 0.15) is 0 Å². The molecule has 0 aliphatic rings. The molecule has 0 fully saturated rings. The molecule has 2 rings (SSSR count). The van der Waals surface area contributed by atoms with E-state index in [1.165, 1.54) is 0 Å². The fraction of sp³-hybridized carbons (Fsp3) is 0.250. The number of hydrogen-bond donors (Lipinski definition) is 2. The molecule has 2 atom stereocenters. The fourth-order valence-electron chi connectivity index (χ4n) is 2.02. The second kappa shape index (κ2) is 6.82. The summed E-state index contributed by atoms with van der Waals surface area (Å²) in [5.74, 6) is -0.122. The Morgan fingerprint density at radius 1 is 1.15 bits per heavy atom. The molecule has 0 spiro atoms. The Morgan fingerprint density at radius 2 is 1.75 bits per heavy atom. The van der Waals surface area contributed by atoms with Crippen LogP contribution in [0.5, 0.6) is 0 Å². The number of pyridine rings is 1. The predicted octanol–water partition coefficient (Wildman–Crippen LogP) is 1.21. The van der Waals surface area contributed by atoms with E-state index in [9.17, 15) is 9.90 Å². The summed E-state index contributed by atoms with van der Waals surface area (Å²) >= 11 is 0. The van der Waals surface area contributed by atoms with Gasteiger partial charge in [-0.15, -0.1) is 0 Å². The molecule has 4 nitrogen and oxygen atoms in total. The highest BCUT2D eigenvalue weighted by Gasteiger charge is 2.19. The Morgan fingerprint density at radius 3 is 2.40 bits per heavy atom. The lowest BCUT2D eigenvalue weighted by molar-refractivity contribution is -0.684. The summed E-state index contributed by atoms with van der Waals surface area (Å²) in [6.45, 7) is 2.04. The van der Waals surface area contributed by atoms with Crippen molar-refractivity contribution in [2.24, 2.45) is 0 Å². The van der Waals surface area contributed by atoms with E-state index in [1.54, 1.807) is 11.5 Å². The molecule has 0 radical (unpaired) electrons. The van der Waals surface area contributed by atoms with Crippen LogP contribution in [-0.2, 0) is 11.3 Å². The molecular weight excluding hydrogens is 252 g/mol. The predicted molar refractivity (Wildman–Crippen MR) is 75.6 cm³/mol. The second-order valence-corrected chi connectivity index (χ2v) is 4.76. The molecule has 0 bridgehead atoms. The average Bonchev–Trinajstić information content (AvgIpc) is 2.48. The summed E-state index contributed by atoms with van der Waals surface area (Å²) in [7, 11) is 0. The molecule has 0 aliphatic heterocycles. The van der Waals surface area contributed by atoms with Gasteiger partial charge in [0.15, 0.2) is 12.4 Å². The minimum atomic E-state index is -0.707. The van der Waals surface area contributed by atoms with Crippen LogP contribution in [0.25, 0.3) is 0 Å². The van der Waals surface area contributed by atoms with Crippen molar-refractivity contribution in [3.8, 4) is 0 Å². The molecule has 1 amide bonds. The summed E-state index contributed by atoms with van der Waals surface area (Å²) < 4.78 is 1.79. The minimum absolute atomic E-state index is 0.122. The first-order valence-electron chi connectivity index (χ1n) is 6.63. The zero-order valence-corrected chi connectivity index (χ0v) is 11.4. The molecule has 20 heavy (non-hydrogen) atoms. The number of aromatic nitrogens is 1. The molecular formula is C16H19N2O2+. The molecule has 2 N–H and O–H groups in total. The van der Waals surface area contributed by atoms with Gasteiger partial charge in [0, 0.05) is 12.1 Å². The fourth-order valence-corrected chi connectivity index (χ4v) is 2.02. The molecule has 104 valence electrons. The van der Waals surface area contributed by atoms with Crippen LogP contribution in [0.4, 0.5) is 0 Å². The quantitative estimate of drug-likeness (QED) is 0.803. The summed E-state index contributed by atoms with van der Waals surface area (Å²) in [6, 6.07) is 14.6. The molecule has 0 saturated heterocycles. The number of nitrogens with zero attached hydrogens (tertiary/aromatic N) is 1. The van der Waals surface area contributed by atoms with Gasteiger partial charge in [0.2, 0.25) is 6.54 Å². The molecule has 1 aromatic carbocycles. The van der Waals surface area contributed by atoms with Crippen molar-refractivity contribution in [2.45, 2.75) is 25.6 Å². The monoisotopic (exact) mass is 271 g/mol. The first kappa shape index (κ1) is 14.2. The lowest BCUT2D eigenvalue weighted by Gasteiger charge is -2.19. The number of benzene rings is 1. The molecule has 0 saturated carbocycles. The van der Waals surface area contributed by atoms with E-state index in [0.29, 0.717) is 0 Å². The van der Waals surface area contributed by atoms with Crippen molar-refractivity contribution in [2.75, 3.05) is 0 Å². The number of carbonyl (C=O) groups excluding carboxylic acids is 1. The van der Waals surface area contributed by atoms with Crippen molar-refractivity contribution in [1.82, 2.24) is 5.32 Å². The van der Waals surface area contributed by atoms with E-state index in [4.69, 9.17) is 0 Å². The second-order valence-electron chi connectivity index (χ2n) is 4.76. The maximum atomic E-state index is 11.9. The number of amides is 1. The summed E-state index contributed by atoms with van der Waals surface area (Å²) in [4.78, 5) is 11.9. The van der Waals surface area contributed by atoms with Crippen LogP contribution in [-0.4, -0.2) is 17.1 Å². The number of aliphatic hydroxyl groups is 1. The van der Waals surface area contributed by atoms with Crippen molar-refractivity contribution >= 4 is 5.91 Å². The lowest BCUT2D eigenvalue weighted by Crippen LogP contribution is -2.46. The zero-order valence-electron chi connectivity index (χ0n) is 11.4. The number of rotatable bonds is 5. The Balaban J connectivity index is 1.91. The van der Waals surface area contributed by atoms with Crippen molar-refractivity contribution < 1.29 is 14.5 Å². The van der Waals surface area contributed by atoms with E-state index in [-0.39, 0.29) is 18.5 Å². The number of hydrogen-bond acceptors (Lipinski definition) is 2. The van der Waals surface area contributed by atoms with Gasteiger partial charge in [-0.25, -0.2) is 0 Å². The molecule has 4 heteroatoms. The summed E-state index contributed by atoms with van der Waals surface area (Å²) in [5, 5.41) is 13.0. The highest BCUT2D eigenvalue weighted by molar-refractivity contribution is 5.74. The first-order valence-corrected chi connectivity index (χ1v) is 6.63. The van der Waals surface area contributed by atoms with Crippen LogP contribution in [0.3, 0.4) is 0 Å². The number of nitrogens with one attached hydrogen (secondary N) is 1. The van der Waals surface area contributed by atoms with Gasteiger partial charge in [-0.2, -0.15) is 4.57 Å². The van der Waals surface area contributed by atoms with Gasteiger partial charge < -0.3 is 10.4 Å². The van der Waals surface area contributed by atoms with E-state index < -0.39 is 6.10 Å². The van der Waals surface area contributed by atoms with Crippen LogP contribution in [0, 0.1) is 0 Å². The number of carbonyl (C=O) groups is 1. The van der Waals surface area contributed by atoms with Gasteiger partial charge in [-0.05, 0) is 12.5 Å². The molecule has 2 aromatic rings. The molecule has 0 unspecified atom stereocenters. The van der Waals surface area contributed by atoms with E-state index >= 15 is 0 Å². The maximum Gasteiger partial charge on any atom is 0.286 e. The molecule has 1 heterocycles. The zero-order chi connectivity index (χ0) is 14.4. The largest absolute Gasteiger partial charge is 0.386 e. The van der Waals surface area contributed by atoms with Gasteiger partial charge in [-0.3, -0.25) is 4.79 Å². The Kier molecular flexibility index (Phi) is 4.85. The lowest BCUT2D eigenvalue weighted by atomic mass is 10.0. The highest BCUT2D eigenvalue weighted by atomic mass is 16.3. The Hall–Kier alpha value is -2.20. The third kappa shape index (κ3) is 3.90. The van der Waals surface area contributed by atoms with Crippen LogP contribution >= 0.6 is 0 Å². The topological polar surface area (TPSA) is 53.2 Å². The van der Waals surface area contributed by atoms with Crippen LogP contribution in [0.2, 0.25) is 0 Å². The Labute approximate surface area is 118 Å². The molecule has 0 aliphatic carbocycles. The van der Waals surface area contributed by atoms with Crippen LogP contribution < -0.4 is 9.88 Å². The third-order valence-electron chi connectivity index (χ3n) is 3.11. The summed E-state index contributed by atoms with van der Waals surface area (Å²) in [6.07, 6.45) is 2.95. The average molecular weight is 271 g/mol. The minimum Gasteiger partial charge on any atom is -0.386 e. The van der Waals surface area contributed by atoms with Crippen LogP contribution in [0.1, 0.15) is 18.6 Å². The van der Waals surface area contributed by atoms with E-state index in [2.05, 4.69) is 5.32 Å². The maximum absolute atomic E-state index is 11.9. The number of aliphatic hydroxyl groups excluding tert-OH is 1. The van der Waals surface area contributed by atoms with Crippen LogP contribution in [0.15, 0.2) is 60.9 Å². The van der Waals surface area contributed by atoms with Gasteiger partial charge in [0.05, 0.1) is 12.1 Å². The normalized spacial score (nSPS) is 13.5. The smallest absolute Gasteiger partial charge is 0.286 e. The van der Waals surface area contributed by atoms with Crippen molar-refractivity contribution in [3.05, 3.63) is 66.5 Å². The van der Waals surface area contributed by atoms with Gasteiger partial charge >= 0.3 is 0 Å². The highest BCUT2D eigenvalue weighted by Crippen LogP contribution is 2.15. The standard InChI is InChI=1S/C16H18N2O2/c1-13(16(20)14-8-4-2-5-9-14)17-15(19)12-18-10-6-3-7-11-18/h2-11,13,16,20H,12H2,1H3/p+1/t13-,16+/m0/s1. The Bertz CT molecular complexity index is 543. The SMILES string of the molecule is C[C@H](NC(=O)C[n+]1ccccc1)[C@@H](O)c1ccccc1. The first-order chi connectivity index (χ1) is 9.66. The van der Waals surface area contributed by atoms with Gasteiger partial charge in [-0.1, -0.05) is 36.4 Å². The van der Waals surface area contributed by atoms with Gasteiger partial charge in [0.25, 0.3) is 5.91 Å². The van der Waals surface area contributed by atoms with Crippen molar-refractivity contribution in [3.63, 3.8) is 0 Å². The third-order valence-corrected chi connectivity index (χ3v) is 3.11. The summed E-state index contributed by atoms with van der Waals surface area (Å²) in [5.41, 5.74) is 0.799. The van der Waals surface area contributed by atoms with E-state index in [1.807, 2.05) is 60.9 Å².